The predicted octanol–water partition coefficient (Wildman–Crippen LogP) is 3.31. The van der Waals surface area contributed by atoms with Crippen LogP contribution in [0.4, 0.5) is 0 Å². The van der Waals surface area contributed by atoms with Crippen molar-refractivity contribution in [3.05, 3.63) is 54.1 Å². The number of hydrogen-bond acceptors (Lipinski definition) is 2. The van der Waals surface area contributed by atoms with Crippen molar-refractivity contribution in [2.24, 2.45) is 0 Å². The minimum Gasteiger partial charge on any atom is -0.396 e. The lowest BCUT2D eigenvalue weighted by atomic mass is 9.99. The maximum absolute atomic E-state index is 9.06. The third kappa shape index (κ3) is 1.85. The number of para-hydroxylation sites is 2. The zero-order valence-electron chi connectivity index (χ0n) is 10.1. The van der Waals surface area contributed by atoms with Crippen molar-refractivity contribution in [2.45, 2.75) is 12.8 Å². The van der Waals surface area contributed by atoms with E-state index in [1.165, 1.54) is 16.3 Å². The molecule has 2 heteroatoms. The van der Waals surface area contributed by atoms with Crippen LogP contribution in [0, 0.1) is 0 Å². The molecule has 0 amide bonds. The molecule has 1 N–H and O–H groups in total. The van der Waals surface area contributed by atoms with Gasteiger partial charge < -0.3 is 5.11 Å². The normalized spacial score (nSPS) is 11.2. The van der Waals surface area contributed by atoms with Crippen molar-refractivity contribution in [1.82, 2.24) is 4.98 Å². The molecule has 0 radical (unpaired) electrons. The van der Waals surface area contributed by atoms with Gasteiger partial charge in [0, 0.05) is 17.4 Å². The summed E-state index contributed by atoms with van der Waals surface area (Å²) in [7, 11) is 0. The lowest BCUT2D eigenvalue weighted by Crippen LogP contribution is -1.95. The highest BCUT2D eigenvalue weighted by Gasteiger charge is 2.07. The maximum Gasteiger partial charge on any atom is 0.0712 e. The van der Waals surface area contributed by atoms with Crippen LogP contribution in [0.25, 0.3) is 21.8 Å². The zero-order chi connectivity index (χ0) is 12.4. The fourth-order valence-corrected chi connectivity index (χ4v) is 2.45. The molecule has 0 saturated heterocycles. The first-order valence-corrected chi connectivity index (χ1v) is 6.27. The molecular weight excluding hydrogens is 222 g/mol. The number of fused-ring (bicyclic) bond motifs is 2. The minimum atomic E-state index is 0.227. The minimum absolute atomic E-state index is 0.227. The Kier molecular flexibility index (Phi) is 2.95. The van der Waals surface area contributed by atoms with E-state index in [0.29, 0.717) is 0 Å². The van der Waals surface area contributed by atoms with Gasteiger partial charge in [-0.2, -0.15) is 0 Å². The van der Waals surface area contributed by atoms with E-state index >= 15 is 0 Å². The second-order valence-corrected chi connectivity index (χ2v) is 4.45. The summed E-state index contributed by atoms with van der Waals surface area (Å²) in [5.74, 6) is 0. The molecule has 1 aromatic heterocycles. The average molecular weight is 237 g/mol. The van der Waals surface area contributed by atoms with Gasteiger partial charge in [-0.25, -0.2) is 4.98 Å². The smallest absolute Gasteiger partial charge is 0.0712 e. The Hall–Kier alpha value is -1.93. The van der Waals surface area contributed by atoms with Gasteiger partial charge in [-0.15, -0.1) is 0 Å². The van der Waals surface area contributed by atoms with E-state index in [1.54, 1.807) is 0 Å². The highest BCUT2D eigenvalue weighted by molar-refractivity contribution is 5.97. The fourth-order valence-electron chi connectivity index (χ4n) is 2.45. The number of hydrogen-bond donors (Lipinski definition) is 1. The molecule has 0 bridgehead atoms. The summed E-state index contributed by atoms with van der Waals surface area (Å²) in [5, 5.41) is 11.5. The molecule has 1 heterocycles. The first-order valence-electron chi connectivity index (χ1n) is 6.27. The zero-order valence-corrected chi connectivity index (χ0v) is 10.1. The fraction of sp³-hybridized carbons (Fsp3) is 0.188. The molecule has 0 fully saturated rings. The quantitative estimate of drug-likeness (QED) is 0.709. The summed E-state index contributed by atoms with van der Waals surface area (Å²) < 4.78 is 0. The first kappa shape index (κ1) is 11.2. The Morgan fingerprint density at radius 1 is 0.833 bits per heavy atom. The lowest BCUT2D eigenvalue weighted by Gasteiger charge is -2.10. The number of nitrogens with zero attached hydrogens (tertiary/aromatic N) is 1. The van der Waals surface area contributed by atoms with Crippen molar-refractivity contribution in [3.8, 4) is 0 Å². The van der Waals surface area contributed by atoms with Crippen LogP contribution in [0.2, 0.25) is 0 Å². The van der Waals surface area contributed by atoms with E-state index in [0.717, 1.165) is 23.9 Å². The van der Waals surface area contributed by atoms with Crippen LogP contribution >= 0.6 is 0 Å². The third-order valence-electron chi connectivity index (χ3n) is 3.28. The number of aryl methyl sites for hydroxylation is 1. The molecule has 0 aliphatic heterocycles. The molecule has 18 heavy (non-hydrogen) atoms. The molecular formula is C16H15NO. The van der Waals surface area contributed by atoms with Gasteiger partial charge >= 0.3 is 0 Å². The van der Waals surface area contributed by atoms with Gasteiger partial charge in [-0.3, -0.25) is 0 Å². The molecule has 3 aromatic rings. The number of aromatic nitrogens is 1. The van der Waals surface area contributed by atoms with Crippen molar-refractivity contribution in [1.29, 1.82) is 0 Å². The van der Waals surface area contributed by atoms with E-state index in [2.05, 4.69) is 17.1 Å². The Morgan fingerprint density at radius 2 is 1.39 bits per heavy atom. The Labute approximate surface area is 106 Å². The van der Waals surface area contributed by atoms with Crippen LogP contribution in [0.5, 0.6) is 0 Å². The van der Waals surface area contributed by atoms with E-state index in [1.807, 2.05) is 36.4 Å². The van der Waals surface area contributed by atoms with E-state index in [4.69, 9.17) is 5.11 Å². The second kappa shape index (κ2) is 4.75. The van der Waals surface area contributed by atoms with Crippen LogP contribution < -0.4 is 0 Å². The number of pyridine rings is 1. The molecule has 0 saturated carbocycles. The summed E-state index contributed by atoms with van der Waals surface area (Å²) in [6.45, 7) is 0.227. The molecule has 2 nitrogen and oxygen atoms in total. The maximum atomic E-state index is 9.06. The van der Waals surface area contributed by atoms with Gasteiger partial charge in [0.15, 0.2) is 0 Å². The number of aliphatic hydroxyl groups excluding tert-OH is 1. The summed E-state index contributed by atoms with van der Waals surface area (Å²) in [4.78, 5) is 4.68. The van der Waals surface area contributed by atoms with E-state index < -0.39 is 0 Å². The largest absolute Gasteiger partial charge is 0.396 e. The van der Waals surface area contributed by atoms with Gasteiger partial charge in [-0.1, -0.05) is 36.4 Å². The Balaban J connectivity index is 2.34. The second-order valence-electron chi connectivity index (χ2n) is 4.45. The van der Waals surface area contributed by atoms with Crippen LogP contribution in [0.15, 0.2) is 48.5 Å². The van der Waals surface area contributed by atoms with Gasteiger partial charge in [0.25, 0.3) is 0 Å². The van der Waals surface area contributed by atoms with Gasteiger partial charge in [0.2, 0.25) is 0 Å². The van der Waals surface area contributed by atoms with Gasteiger partial charge in [-0.05, 0) is 30.5 Å². The summed E-state index contributed by atoms with van der Waals surface area (Å²) in [6, 6.07) is 16.4. The van der Waals surface area contributed by atoms with E-state index in [-0.39, 0.29) is 6.61 Å². The molecule has 90 valence electrons. The third-order valence-corrected chi connectivity index (χ3v) is 3.28. The summed E-state index contributed by atoms with van der Waals surface area (Å²) in [5.41, 5.74) is 3.36. The predicted molar refractivity (Wildman–Crippen MR) is 74.7 cm³/mol. The van der Waals surface area contributed by atoms with Crippen LogP contribution in [-0.2, 0) is 6.42 Å². The topological polar surface area (TPSA) is 33.1 Å². The number of aliphatic hydroxyl groups is 1. The Morgan fingerprint density at radius 3 is 1.94 bits per heavy atom. The molecule has 0 spiro atoms. The summed E-state index contributed by atoms with van der Waals surface area (Å²) >= 11 is 0. The lowest BCUT2D eigenvalue weighted by molar-refractivity contribution is 0.289. The molecule has 3 rings (SSSR count). The molecule has 0 aliphatic carbocycles. The molecule has 0 aliphatic rings. The number of benzene rings is 2. The highest BCUT2D eigenvalue weighted by atomic mass is 16.2. The van der Waals surface area contributed by atoms with Crippen molar-refractivity contribution < 1.29 is 5.11 Å². The Bertz CT molecular complexity index is 637. The average Bonchev–Trinajstić information content (AvgIpc) is 2.43. The van der Waals surface area contributed by atoms with Crippen LogP contribution in [0.3, 0.4) is 0 Å². The van der Waals surface area contributed by atoms with Crippen molar-refractivity contribution in [2.75, 3.05) is 6.61 Å². The van der Waals surface area contributed by atoms with E-state index in [9.17, 15) is 0 Å². The van der Waals surface area contributed by atoms with Gasteiger partial charge in [0.05, 0.1) is 11.0 Å². The van der Waals surface area contributed by atoms with Crippen molar-refractivity contribution in [3.63, 3.8) is 0 Å². The van der Waals surface area contributed by atoms with Crippen LogP contribution in [-0.4, -0.2) is 16.7 Å². The molecule has 2 aromatic carbocycles. The standard InChI is InChI=1S/C16H15NO/c18-11-5-8-12-13-6-1-3-9-15(13)17-16-10-4-2-7-14(12)16/h1-4,6-7,9-10,18H,5,8,11H2. The van der Waals surface area contributed by atoms with Crippen LogP contribution in [0.1, 0.15) is 12.0 Å². The first-order chi connectivity index (χ1) is 8.90. The monoisotopic (exact) mass is 237 g/mol. The van der Waals surface area contributed by atoms with Gasteiger partial charge in [0.1, 0.15) is 0 Å². The highest BCUT2D eigenvalue weighted by Crippen LogP contribution is 2.26. The SMILES string of the molecule is OCCCc1c2ccccc2nc2ccccc12. The summed E-state index contributed by atoms with van der Waals surface area (Å²) in [6.07, 6.45) is 1.68. The van der Waals surface area contributed by atoms with Crippen molar-refractivity contribution >= 4 is 21.8 Å². The molecule has 0 unspecified atom stereocenters. The molecule has 0 atom stereocenters. The number of rotatable bonds is 3.